The number of alkyl halides is 1. The Bertz CT molecular complexity index is 431. The lowest BCUT2D eigenvalue weighted by Gasteiger charge is -2.05. The van der Waals surface area contributed by atoms with Gasteiger partial charge in [-0.15, -0.1) is 23.4 Å². The van der Waals surface area contributed by atoms with Crippen molar-refractivity contribution >= 4 is 35.3 Å². The predicted octanol–water partition coefficient (Wildman–Crippen LogP) is 4.59. The Morgan fingerprint density at radius 3 is 2.89 bits per heavy atom. The van der Waals surface area contributed by atoms with Gasteiger partial charge in [0.1, 0.15) is 6.00 Å². The minimum Gasteiger partial charge on any atom is -0.269 e. The maximum Gasteiger partial charge on any atom is 0.114 e. The van der Waals surface area contributed by atoms with E-state index in [0.29, 0.717) is 6.00 Å². The summed E-state index contributed by atoms with van der Waals surface area (Å²) in [4.78, 5) is 8.74. The van der Waals surface area contributed by atoms with E-state index in [-0.39, 0.29) is 0 Å². The van der Waals surface area contributed by atoms with E-state index in [9.17, 15) is 0 Å². The number of halogens is 1. The summed E-state index contributed by atoms with van der Waals surface area (Å²) in [5, 5.41) is 1.10. The van der Waals surface area contributed by atoms with Crippen LogP contribution in [0.15, 0.2) is 44.4 Å². The summed E-state index contributed by atoms with van der Waals surface area (Å²) >= 11 is 7.51. The summed E-state index contributed by atoms with van der Waals surface area (Å²) < 4.78 is 0. The van der Waals surface area contributed by atoms with E-state index < -0.39 is 0 Å². The second-order valence-corrected chi connectivity index (χ2v) is 5.13. The van der Waals surface area contributed by atoms with E-state index in [2.05, 4.69) is 23.0 Å². The van der Waals surface area contributed by atoms with Crippen molar-refractivity contribution in [1.82, 2.24) is 0 Å². The summed E-state index contributed by atoms with van der Waals surface area (Å²) in [6.07, 6.45) is 9.01. The average molecular weight is 283 g/mol. The lowest BCUT2D eigenvalue weighted by molar-refractivity contribution is 1.18. The van der Waals surface area contributed by atoms with Crippen LogP contribution in [0.5, 0.6) is 0 Å². The minimum atomic E-state index is 0.299. The van der Waals surface area contributed by atoms with E-state index >= 15 is 0 Å². The molecule has 2 nitrogen and oxygen atoms in total. The van der Waals surface area contributed by atoms with Crippen LogP contribution in [0, 0.1) is 0 Å². The lowest BCUT2D eigenvalue weighted by atomic mass is 10.0. The molecule has 0 aliphatic carbocycles. The fourth-order valence-corrected chi connectivity index (χ4v) is 2.82. The van der Waals surface area contributed by atoms with Gasteiger partial charge in [-0.3, -0.25) is 9.98 Å². The molecule has 0 radical (unpaired) electrons. The Hall–Kier alpha value is -0.800. The molecule has 0 fully saturated rings. The molecule has 18 heavy (non-hydrogen) atoms. The van der Waals surface area contributed by atoms with Crippen LogP contribution in [-0.2, 0) is 0 Å². The molecular weight excluding hydrogens is 264 g/mol. The van der Waals surface area contributed by atoms with Crippen molar-refractivity contribution in [2.75, 3.05) is 11.8 Å². The molecule has 0 unspecified atom stereocenters. The van der Waals surface area contributed by atoms with Gasteiger partial charge < -0.3 is 0 Å². The molecule has 1 aliphatic heterocycles. The normalized spacial score (nSPS) is 18.7. The zero-order chi connectivity index (χ0) is 13.4. The molecule has 0 saturated heterocycles. The van der Waals surface area contributed by atoms with Crippen LogP contribution in [0.3, 0.4) is 0 Å². The molecule has 0 bridgehead atoms. The van der Waals surface area contributed by atoms with Crippen molar-refractivity contribution in [2.24, 2.45) is 9.98 Å². The van der Waals surface area contributed by atoms with E-state index in [1.807, 2.05) is 32.2 Å². The average Bonchev–Trinajstić information content (AvgIpc) is 2.53. The summed E-state index contributed by atoms with van der Waals surface area (Å²) in [5.74, 6) is 1.02. The van der Waals surface area contributed by atoms with Gasteiger partial charge in [-0.2, -0.15) is 0 Å². The molecule has 0 amide bonds. The van der Waals surface area contributed by atoms with Gasteiger partial charge in [0.2, 0.25) is 0 Å². The number of aliphatic imine (C=N–C) groups is 2. The van der Waals surface area contributed by atoms with E-state index in [0.717, 1.165) is 22.9 Å². The highest BCUT2D eigenvalue weighted by Crippen LogP contribution is 2.29. The van der Waals surface area contributed by atoms with Crippen molar-refractivity contribution in [1.29, 1.82) is 0 Å². The van der Waals surface area contributed by atoms with Crippen molar-refractivity contribution in [3.63, 3.8) is 0 Å². The molecule has 0 aromatic heterocycles. The maximum atomic E-state index is 5.72. The van der Waals surface area contributed by atoms with Crippen LogP contribution in [0.1, 0.15) is 27.2 Å². The van der Waals surface area contributed by atoms with Crippen molar-refractivity contribution < 1.29 is 0 Å². The summed E-state index contributed by atoms with van der Waals surface area (Å²) in [5.41, 5.74) is 3.41. The highest BCUT2D eigenvalue weighted by atomic mass is 35.5. The largest absolute Gasteiger partial charge is 0.269 e. The number of hydrogen-bond donors (Lipinski definition) is 0. The molecule has 98 valence electrons. The Kier molecular flexibility index (Phi) is 7.06. The van der Waals surface area contributed by atoms with Gasteiger partial charge in [0, 0.05) is 12.0 Å². The Morgan fingerprint density at radius 1 is 1.50 bits per heavy atom. The van der Waals surface area contributed by atoms with Gasteiger partial charge in [-0.05, 0) is 44.4 Å². The monoisotopic (exact) mass is 282 g/mol. The fraction of sp³-hybridized carbons (Fsp3) is 0.429. The highest BCUT2D eigenvalue weighted by Gasteiger charge is 2.11. The van der Waals surface area contributed by atoms with E-state index in [1.54, 1.807) is 11.8 Å². The van der Waals surface area contributed by atoms with Crippen LogP contribution < -0.4 is 0 Å². The molecule has 1 rings (SSSR count). The minimum absolute atomic E-state index is 0.299. The van der Waals surface area contributed by atoms with E-state index in [1.165, 1.54) is 11.1 Å². The first-order valence-corrected chi connectivity index (χ1v) is 7.51. The first-order chi connectivity index (χ1) is 8.72. The molecule has 0 aromatic carbocycles. The number of allylic oxidation sites excluding steroid dienone is 5. The Morgan fingerprint density at radius 2 is 2.28 bits per heavy atom. The number of rotatable bonds is 4. The molecule has 0 aromatic rings. The zero-order valence-corrected chi connectivity index (χ0v) is 12.7. The standard InChI is InChI=1S/C14H19ClN2S/c1-4-6-13(17-10-15)12-7-8-18-14(16-5-2)11(3)9-12/h4-6,9H,7-8,10H2,1-3H3/b6-4-,16-5-,17-13-. The first-order valence-electron chi connectivity index (χ1n) is 5.99. The van der Waals surface area contributed by atoms with Crippen molar-refractivity contribution in [3.05, 3.63) is 34.4 Å². The molecule has 1 heterocycles. The zero-order valence-electron chi connectivity index (χ0n) is 11.1. The van der Waals surface area contributed by atoms with Crippen LogP contribution in [0.4, 0.5) is 0 Å². The number of nitrogens with zero attached hydrogens (tertiary/aromatic N) is 2. The van der Waals surface area contributed by atoms with E-state index in [4.69, 9.17) is 11.6 Å². The Balaban J connectivity index is 3.09. The molecule has 4 heteroatoms. The number of thioether (sulfide) groups is 1. The van der Waals surface area contributed by atoms with Crippen LogP contribution >= 0.6 is 23.4 Å². The summed E-state index contributed by atoms with van der Waals surface area (Å²) in [6.45, 7) is 6.02. The van der Waals surface area contributed by atoms with Crippen LogP contribution in [0.25, 0.3) is 0 Å². The first kappa shape index (κ1) is 15.3. The predicted molar refractivity (Wildman–Crippen MR) is 85.0 cm³/mol. The second kappa shape index (κ2) is 8.33. The van der Waals surface area contributed by atoms with Crippen LogP contribution in [0.2, 0.25) is 0 Å². The third kappa shape index (κ3) is 4.46. The van der Waals surface area contributed by atoms with Gasteiger partial charge in [0.05, 0.1) is 10.7 Å². The maximum absolute atomic E-state index is 5.72. The molecule has 0 atom stereocenters. The van der Waals surface area contributed by atoms with Gasteiger partial charge in [-0.1, -0.05) is 12.2 Å². The van der Waals surface area contributed by atoms with Crippen LogP contribution in [-0.4, -0.2) is 23.7 Å². The topological polar surface area (TPSA) is 24.7 Å². The molecule has 0 spiro atoms. The second-order valence-electron chi connectivity index (χ2n) is 3.81. The quantitative estimate of drug-likeness (QED) is 0.421. The van der Waals surface area contributed by atoms with Gasteiger partial charge in [-0.25, -0.2) is 0 Å². The van der Waals surface area contributed by atoms with Gasteiger partial charge >= 0.3 is 0 Å². The highest BCUT2D eigenvalue weighted by molar-refractivity contribution is 8.03. The summed E-state index contributed by atoms with van der Waals surface area (Å²) in [7, 11) is 0. The number of hydrogen-bond acceptors (Lipinski definition) is 3. The van der Waals surface area contributed by atoms with Crippen molar-refractivity contribution in [2.45, 2.75) is 27.2 Å². The van der Waals surface area contributed by atoms with Crippen molar-refractivity contribution in [3.8, 4) is 0 Å². The smallest absolute Gasteiger partial charge is 0.114 e. The molecule has 0 saturated carbocycles. The van der Waals surface area contributed by atoms with Gasteiger partial charge in [0.25, 0.3) is 0 Å². The molecular formula is C14H19ClN2S. The molecule has 1 aliphatic rings. The SMILES string of the molecule is C/C=C\C(=N\CCl)C1=CC(C)=C(/N=C\C)SCC1. The fourth-order valence-electron chi connectivity index (χ4n) is 1.71. The molecule has 0 N–H and O–H groups in total. The third-order valence-electron chi connectivity index (χ3n) is 2.47. The lowest BCUT2D eigenvalue weighted by Crippen LogP contribution is -2.01. The van der Waals surface area contributed by atoms with Gasteiger partial charge in [0.15, 0.2) is 0 Å². The summed E-state index contributed by atoms with van der Waals surface area (Å²) in [6, 6.07) is 0.299. The Labute approximate surface area is 119 Å². The third-order valence-corrected chi connectivity index (χ3v) is 3.70.